The number of benzene rings is 2. The Morgan fingerprint density at radius 3 is 2.50 bits per heavy atom. The van der Waals surface area contributed by atoms with Crippen LogP contribution >= 0.6 is 0 Å². The van der Waals surface area contributed by atoms with Crippen molar-refractivity contribution in [3.63, 3.8) is 0 Å². The van der Waals surface area contributed by atoms with Gasteiger partial charge in [0, 0.05) is 19.0 Å². The molecule has 1 aliphatic carbocycles. The molecule has 0 saturated heterocycles. The summed E-state index contributed by atoms with van der Waals surface area (Å²) in [7, 11) is 4.01. The second-order valence-electron chi connectivity index (χ2n) is 9.20. The third kappa shape index (κ3) is 4.32. The maximum absolute atomic E-state index is 13.7. The van der Waals surface area contributed by atoms with Crippen LogP contribution in [0.25, 0.3) is 16.6 Å². The molecule has 0 N–H and O–H groups in total. The van der Waals surface area contributed by atoms with Crippen LogP contribution in [0.3, 0.4) is 0 Å². The summed E-state index contributed by atoms with van der Waals surface area (Å²) >= 11 is 0. The highest BCUT2D eigenvalue weighted by molar-refractivity contribution is 5.82. The van der Waals surface area contributed by atoms with Gasteiger partial charge in [-0.15, -0.1) is 0 Å². The van der Waals surface area contributed by atoms with Crippen LogP contribution in [-0.4, -0.2) is 52.4 Å². The molecule has 0 bridgehead atoms. The summed E-state index contributed by atoms with van der Waals surface area (Å²) in [6, 6.07) is 13.2. The van der Waals surface area contributed by atoms with Gasteiger partial charge in [0.15, 0.2) is 0 Å². The molecule has 32 heavy (non-hydrogen) atoms. The van der Waals surface area contributed by atoms with Crippen LogP contribution < -0.4 is 5.56 Å². The third-order valence-electron chi connectivity index (χ3n) is 6.23. The molecule has 1 atom stereocenters. The molecule has 0 spiro atoms. The van der Waals surface area contributed by atoms with E-state index in [0.29, 0.717) is 23.3 Å². The van der Waals surface area contributed by atoms with E-state index in [2.05, 4.69) is 11.0 Å². The minimum Gasteiger partial charge on any atom is -0.331 e. The second-order valence-corrected chi connectivity index (χ2v) is 9.20. The molecule has 2 aromatic carbocycles. The van der Waals surface area contributed by atoms with Crippen molar-refractivity contribution in [2.75, 3.05) is 27.2 Å². The van der Waals surface area contributed by atoms with E-state index in [4.69, 9.17) is 4.98 Å². The number of hydrogen-bond acceptors (Lipinski definition) is 4. The molecule has 1 amide bonds. The Morgan fingerprint density at radius 1 is 1.12 bits per heavy atom. The Balaban J connectivity index is 1.91. The molecule has 6 nitrogen and oxygen atoms in total. The fourth-order valence-electron chi connectivity index (χ4n) is 4.23. The summed E-state index contributed by atoms with van der Waals surface area (Å²) in [5.41, 5.74) is 3.51. The molecular weight excluding hydrogens is 400 g/mol. The molecule has 6 heteroatoms. The number of para-hydroxylation sites is 1. The lowest BCUT2D eigenvalue weighted by molar-refractivity contribution is -0.135. The summed E-state index contributed by atoms with van der Waals surface area (Å²) in [5.74, 6) is 0.865. The number of aryl methyl sites for hydroxylation is 2. The summed E-state index contributed by atoms with van der Waals surface area (Å²) in [6.45, 7) is 7.40. The van der Waals surface area contributed by atoms with Gasteiger partial charge in [-0.2, -0.15) is 0 Å². The molecule has 0 radical (unpaired) electrons. The van der Waals surface area contributed by atoms with Crippen molar-refractivity contribution in [3.05, 3.63) is 69.8 Å². The first kappa shape index (κ1) is 22.2. The number of amides is 1. The smallest absolute Gasteiger partial charge is 0.266 e. The number of carbonyl (C=O) groups is 1. The number of aromatic nitrogens is 2. The van der Waals surface area contributed by atoms with Gasteiger partial charge in [0.05, 0.1) is 22.6 Å². The monoisotopic (exact) mass is 432 g/mol. The van der Waals surface area contributed by atoms with Gasteiger partial charge in [0.25, 0.3) is 5.56 Å². The van der Waals surface area contributed by atoms with Gasteiger partial charge in [0.2, 0.25) is 5.91 Å². The highest BCUT2D eigenvalue weighted by Gasteiger charge is 2.37. The van der Waals surface area contributed by atoms with Gasteiger partial charge in [-0.1, -0.05) is 29.8 Å². The standard InChI is InChI=1S/C26H32N4O2/c1-17-10-13-23(18(2)16-17)30-24(27-22-9-7-6-8-21(22)26(30)32)19(3)29(15-14-28(4)5)25(31)20-11-12-20/h6-10,13,16,19-20H,11-12,14-15H2,1-5H3. The summed E-state index contributed by atoms with van der Waals surface area (Å²) < 4.78 is 1.71. The molecule has 1 heterocycles. The minimum absolute atomic E-state index is 0.0985. The van der Waals surface area contributed by atoms with Crippen LogP contribution in [0.15, 0.2) is 47.3 Å². The Kier molecular flexibility index (Phi) is 6.15. The highest BCUT2D eigenvalue weighted by atomic mass is 16.2. The van der Waals surface area contributed by atoms with E-state index < -0.39 is 0 Å². The van der Waals surface area contributed by atoms with Crippen LogP contribution in [0.1, 0.15) is 42.8 Å². The van der Waals surface area contributed by atoms with Crippen molar-refractivity contribution in [3.8, 4) is 5.69 Å². The molecule has 1 aliphatic rings. The van der Waals surface area contributed by atoms with Gasteiger partial charge in [-0.25, -0.2) is 4.98 Å². The second kappa shape index (κ2) is 8.87. The van der Waals surface area contributed by atoms with Gasteiger partial charge in [0.1, 0.15) is 5.82 Å². The first-order valence-corrected chi connectivity index (χ1v) is 11.3. The lowest BCUT2D eigenvalue weighted by atomic mass is 10.1. The van der Waals surface area contributed by atoms with Crippen LogP contribution in [0.5, 0.6) is 0 Å². The number of carbonyl (C=O) groups excluding carboxylic acids is 1. The van der Waals surface area contributed by atoms with E-state index in [0.717, 1.165) is 36.2 Å². The first-order valence-electron chi connectivity index (χ1n) is 11.3. The normalized spacial score (nSPS) is 14.7. The summed E-state index contributed by atoms with van der Waals surface area (Å²) in [4.78, 5) is 35.9. The zero-order valence-electron chi connectivity index (χ0n) is 19.6. The maximum atomic E-state index is 13.7. The van der Waals surface area contributed by atoms with Gasteiger partial charge in [-0.3, -0.25) is 14.2 Å². The SMILES string of the molecule is Cc1ccc(-n2c(C(C)N(CCN(C)C)C(=O)C3CC3)nc3ccccc3c2=O)c(C)c1. The predicted octanol–water partition coefficient (Wildman–Crippen LogP) is 3.86. The van der Waals surface area contributed by atoms with E-state index in [1.807, 2.05) is 76.2 Å². The van der Waals surface area contributed by atoms with Gasteiger partial charge < -0.3 is 9.80 Å². The third-order valence-corrected chi connectivity index (χ3v) is 6.23. The molecule has 1 unspecified atom stereocenters. The first-order chi connectivity index (χ1) is 15.3. The average Bonchev–Trinajstić information content (AvgIpc) is 3.59. The maximum Gasteiger partial charge on any atom is 0.266 e. The van der Waals surface area contributed by atoms with E-state index in [-0.39, 0.29) is 23.4 Å². The van der Waals surface area contributed by atoms with Crippen LogP contribution in [0.4, 0.5) is 0 Å². The zero-order chi connectivity index (χ0) is 23.0. The number of rotatable bonds is 7. The van der Waals surface area contributed by atoms with Crippen LogP contribution in [-0.2, 0) is 4.79 Å². The van der Waals surface area contributed by atoms with Crippen molar-refractivity contribution in [2.24, 2.45) is 5.92 Å². The zero-order valence-corrected chi connectivity index (χ0v) is 19.6. The molecular formula is C26H32N4O2. The van der Waals surface area contributed by atoms with Crippen molar-refractivity contribution in [1.29, 1.82) is 0 Å². The van der Waals surface area contributed by atoms with Gasteiger partial charge >= 0.3 is 0 Å². The minimum atomic E-state index is -0.332. The van der Waals surface area contributed by atoms with Crippen molar-refractivity contribution in [2.45, 2.75) is 39.7 Å². The average molecular weight is 433 g/mol. The van der Waals surface area contributed by atoms with E-state index >= 15 is 0 Å². The topological polar surface area (TPSA) is 58.4 Å². The van der Waals surface area contributed by atoms with Crippen molar-refractivity contribution >= 4 is 16.8 Å². The Morgan fingerprint density at radius 2 is 1.84 bits per heavy atom. The molecule has 1 fully saturated rings. The molecule has 1 aromatic heterocycles. The fourth-order valence-corrected chi connectivity index (χ4v) is 4.23. The van der Waals surface area contributed by atoms with Crippen LogP contribution in [0, 0.1) is 19.8 Å². The lowest BCUT2D eigenvalue weighted by Gasteiger charge is -2.32. The molecule has 0 aliphatic heterocycles. The number of hydrogen-bond donors (Lipinski definition) is 0. The van der Waals surface area contributed by atoms with E-state index in [9.17, 15) is 9.59 Å². The predicted molar refractivity (Wildman–Crippen MR) is 128 cm³/mol. The lowest BCUT2D eigenvalue weighted by Crippen LogP contribution is -2.41. The Bertz CT molecular complexity index is 1210. The van der Waals surface area contributed by atoms with Gasteiger partial charge in [-0.05, 0) is 71.5 Å². The van der Waals surface area contributed by atoms with Crippen molar-refractivity contribution in [1.82, 2.24) is 19.4 Å². The molecule has 4 rings (SSSR count). The number of nitrogens with zero attached hydrogens (tertiary/aromatic N) is 4. The van der Waals surface area contributed by atoms with Crippen LogP contribution in [0.2, 0.25) is 0 Å². The quantitative estimate of drug-likeness (QED) is 0.569. The highest BCUT2D eigenvalue weighted by Crippen LogP contribution is 2.34. The molecule has 168 valence electrons. The largest absolute Gasteiger partial charge is 0.331 e. The number of likely N-dealkylation sites (N-methyl/N-ethyl adjacent to an activating group) is 1. The van der Waals surface area contributed by atoms with E-state index in [1.54, 1.807) is 4.57 Å². The molecule has 3 aromatic rings. The Hall–Kier alpha value is -2.99. The Labute approximate surface area is 189 Å². The van der Waals surface area contributed by atoms with Crippen molar-refractivity contribution < 1.29 is 4.79 Å². The van der Waals surface area contributed by atoms with E-state index in [1.165, 1.54) is 0 Å². The summed E-state index contributed by atoms with van der Waals surface area (Å²) in [6.07, 6.45) is 1.89. The number of fused-ring (bicyclic) bond motifs is 1. The fraction of sp³-hybridized carbons (Fsp3) is 0.423. The summed E-state index contributed by atoms with van der Waals surface area (Å²) in [5, 5.41) is 0.580. The molecule has 1 saturated carbocycles.